The molecule has 0 aliphatic heterocycles. The van der Waals surface area contributed by atoms with E-state index in [2.05, 4.69) is 24.1 Å². The number of rotatable bonds is 6. The van der Waals surface area contributed by atoms with E-state index in [0.29, 0.717) is 12.3 Å². The second-order valence-corrected chi connectivity index (χ2v) is 6.69. The Kier molecular flexibility index (Phi) is 5.51. The fourth-order valence-electron chi connectivity index (χ4n) is 2.00. The molecule has 3 nitrogen and oxygen atoms in total. The van der Waals surface area contributed by atoms with Crippen molar-refractivity contribution in [3.63, 3.8) is 0 Å². The average Bonchev–Trinajstić information content (AvgIpc) is 2.81. The average molecular weight is 302 g/mol. The normalized spacial score (nSPS) is 10.9. The number of benzene rings is 1. The van der Waals surface area contributed by atoms with Crippen molar-refractivity contribution in [2.75, 3.05) is 6.54 Å². The number of hydrogen-bond acceptors (Lipinski definition) is 3. The zero-order valence-electron chi connectivity index (χ0n) is 12.8. The standard InChI is InChI=1S/C17H22N2OS/c1-12(2)9-10-18-16(20)11-15-13(3)19-17(21-15)14-7-5-4-6-8-14/h4-8,12H,9-11H2,1-3H3,(H,18,20). The van der Waals surface area contributed by atoms with Crippen molar-refractivity contribution in [3.05, 3.63) is 40.9 Å². The number of nitrogens with zero attached hydrogens (tertiary/aromatic N) is 1. The molecule has 21 heavy (non-hydrogen) atoms. The predicted molar refractivity (Wildman–Crippen MR) is 88.5 cm³/mol. The Morgan fingerprint density at radius 3 is 2.67 bits per heavy atom. The van der Waals surface area contributed by atoms with Crippen molar-refractivity contribution in [1.29, 1.82) is 0 Å². The van der Waals surface area contributed by atoms with Crippen molar-refractivity contribution in [2.45, 2.75) is 33.6 Å². The molecule has 1 aromatic heterocycles. The second-order valence-electron chi connectivity index (χ2n) is 5.60. The van der Waals surface area contributed by atoms with Gasteiger partial charge in [-0.3, -0.25) is 4.79 Å². The molecule has 0 spiro atoms. The van der Waals surface area contributed by atoms with Gasteiger partial charge in [0, 0.05) is 17.0 Å². The van der Waals surface area contributed by atoms with Crippen LogP contribution in [0.2, 0.25) is 0 Å². The van der Waals surface area contributed by atoms with Gasteiger partial charge in [-0.1, -0.05) is 44.2 Å². The molecular formula is C17H22N2OS. The van der Waals surface area contributed by atoms with E-state index in [0.717, 1.165) is 34.1 Å². The van der Waals surface area contributed by atoms with Crippen LogP contribution in [0.1, 0.15) is 30.8 Å². The van der Waals surface area contributed by atoms with E-state index in [4.69, 9.17) is 0 Å². The minimum absolute atomic E-state index is 0.0852. The fraction of sp³-hybridized carbons (Fsp3) is 0.412. The number of carbonyl (C=O) groups excluding carboxylic acids is 1. The Morgan fingerprint density at radius 1 is 1.29 bits per heavy atom. The molecule has 0 saturated carbocycles. The molecule has 1 N–H and O–H groups in total. The van der Waals surface area contributed by atoms with Gasteiger partial charge >= 0.3 is 0 Å². The fourth-order valence-corrected chi connectivity index (χ4v) is 3.07. The molecule has 112 valence electrons. The van der Waals surface area contributed by atoms with Crippen molar-refractivity contribution in [3.8, 4) is 10.6 Å². The Labute approximate surface area is 130 Å². The smallest absolute Gasteiger partial charge is 0.225 e. The van der Waals surface area contributed by atoms with Gasteiger partial charge in [-0.05, 0) is 19.3 Å². The first kappa shape index (κ1) is 15.7. The van der Waals surface area contributed by atoms with Crippen LogP contribution >= 0.6 is 11.3 Å². The lowest BCUT2D eigenvalue weighted by atomic mass is 10.1. The molecule has 1 aromatic carbocycles. The van der Waals surface area contributed by atoms with Crippen molar-refractivity contribution in [1.82, 2.24) is 10.3 Å². The van der Waals surface area contributed by atoms with E-state index in [1.54, 1.807) is 11.3 Å². The molecule has 1 amide bonds. The molecule has 2 rings (SSSR count). The summed E-state index contributed by atoms with van der Waals surface area (Å²) in [5.74, 6) is 0.696. The number of aromatic nitrogens is 1. The molecule has 0 aliphatic carbocycles. The van der Waals surface area contributed by atoms with E-state index in [9.17, 15) is 4.79 Å². The molecule has 0 saturated heterocycles. The zero-order chi connectivity index (χ0) is 15.2. The highest BCUT2D eigenvalue weighted by Gasteiger charge is 2.12. The summed E-state index contributed by atoms with van der Waals surface area (Å²) in [5.41, 5.74) is 2.06. The van der Waals surface area contributed by atoms with Crippen molar-refractivity contribution in [2.24, 2.45) is 5.92 Å². The maximum Gasteiger partial charge on any atom is 0.225 e. The quantitative estimate of drug-likeness (QED) is 0.881. The van der Waals surface area contributed by atoms with E-state index >= 15 is 0 Å². The summed E-state index contributed by atoms with van der Waals surface area (Å²) in [6, 6.07) is 10.1. The predicted octanol–water partition coefficient (Wildman–Crippen LogP) is 3.82. The number of carbonyl (C=O) groups is 1. The van der Waals surface area contributed by atoms with E-state index in [1.807, 2.05) is 37.3 Å². The summed E-state index contributed by atoms with van der Waals surface area (Å²) < 4.78 is 0. The third-order valence-corrected chi connectivity index (χ3v) is 4.48. The van der Waals surface area contributed by atoms with Crippen LogP contribution in [0.25, 0.3) is 10.6 Å². The first-order chi connectivity index (χ1) is 10.1. The molecular weight excluding hydrogens is 280 g/mol. The Bertz CT molecular complexity index is 590. The summed E-state index contributed by atoms with van der Waals surface area (Å²) in [5, 5.41) is 3.96. The van der Waals surface area contributed by atoms with Gasteiger partial charge in [-0.2, -0.15) is 0 Å². The van der Waals surface area contributed by atoms with Crippen LogP contribution in [0.15, 0.2) is 30.3 Å². The van der Waals surface area contributed by atoms with Gasteiger partial charge in [0.05, 0.1) is 12.1 Å². The second kappa shape index (κ2) is 7.36. The third-order valence-electron chi connectivity index (χ3n) is 3.28. The highest BCUT2D eigenvalue weighted by Crippen LogP contribution is 2.27. The minimum Gasteiger partial charge on any atom is -0.356 e. The minimum atomic E-state index is 0.0852. The van der Waals surface area contributed by atoms with Crippen LogP contribution in [0.4, 0.5) is 0 Å². The lowest BCUT2D eigenvalue weighted by molar-refractivity contribution is -0.120. The Hall–Kier alpha value is -1.68. The number of hydrogen-bond donors (Lipinski definition) is 1. The third kappa shape index (κ3) is 4.67. The van der Waals surface area contributed by atoms with Gasteiger partial charge in [0.25, 0.3) is 0 Å². The molecule has 2 aromatic rings. The van der Waals surface area contributed by atoms with Crippen LogP contribution < -0.4 is 5.32 Å². The number of amides is 1. The lowest BCUT2D eigenvalue weighted by Crippen LogP contribution is -2.26. The number of aryl methyl sites for hydroxylation is 1. The summed E-state index contributed by atoms with van der Waals surface area (Å²) in [7, 11) is 0. The van der Waals surface area contributed by atoms with Crippen LogP contribution in [-0.4, -0.2) is 17.4 Å². The largest absolute Gasteiger partial charge is 0.356 e. The van der Waals surface area contributed by atoms with Gasteiger partial charge < -0.3 is 5.32 Å². The highest BCUT2D eigenvalue weighted by molar-refractivity contribution is 7.15. The summed E-state index contributed by atoms with van der Waals surface area (Å²) in [4.78, 5) is 17.6. The van der Waals surface area contributed by atoms with Crippen molar-refractivity contribution >= 4 is 17.2 Å². The van der Waals surface area contributed by atoms with E-state index in [-0.39, 0.29) is 5.91 Å². The van der Waals surface area contributed by atoms with Gasteiger partial charge in [0.1, 0.15) is 5.01 Å². The van der Waals surface area contributed by atoms with Crippen molar-refractivity contribution < 1.29 is 4.79 Å². The lowest BCUT2D eigenvalue weighted by Gasteiger charge is -2.06. The maximum absolute atomic E-state index is 12.0. The molecule has 0 radical (unpaired) electrons. The molecule has 0 bridgehead atoms. The molecule has 4 heteroatoms. The van der Waals surface area contributed by atoms with Gasteiger partial charge in [0.15, 0.2) is 0 Å². The molecule has 0 aliphatic rings. The SMILES string of the molecule is Cc1nc(-c2ccccc2)sc1CC(=O)NCCC(C)C. The monoisotopic (exact) mass is 302 g/mol. The van der Waals surface area contributed by atoms with Crippen LogP contribution in [0.5, 0.6) is 0 Å². The summed E-state index contributed by atoms with van der Waals surface area (Å²) >= 11 is 1.61. The first-order valence-corrected chi connectivity index (χ1v) is 8.16. The maximum atomic E-state index is 12.0. The summed E-state index contributed by atoms with van der Waals surface area (Å²) in [6.45, 7) is 7.04. The molecule has 1 heterocycles. The zero-order valence-corrected chi connectivity index (χ0v) is 13.7. The van der Waals surface area contributed by atoms with Gasteiger partial charge in [-0.25, -0.2) is 4.98 Å². The Balaban J connectivity index is 1.98. The Morgan fingerprint density at radius 2 is 2.00 bits per heavy atom. The van der Waals surface area contributed by atoms with Gasteiger partial charge in [-0.15, -0.1) is 11.3 Å². The summed E-state index contributed by atoms with van der Waals surface area (Å²) in [6.07, 6.45) is 1.44. The van der Waals surface area contributed by atoms with Crippen LogP contribution in [0, 0.1) is 12.8 Å². The topological polar surface area (TPSA) is 42.0 Å². The van der Waals surface area contributed by atoms with Gasteiger partial charge in [0.2, 0.25) is 5.91 Å². The number of nitrogens with one attached hydrogen (secondary N) is 1. The van der Waals surface area contributed by atoms with Crippen LogP contribution in [-0.2, 0) is 11.2 Å². The number of thiazole rings is 1. The molecule has 0 unspecified atom stereocenters. The first-order valence-electron chi connectivity index (χ1n) is 7.34. The highest BCUT2D eigenvalue weighted by atomic mass is 32.1. The van der Waals surface area contributed by atoms with E-state index in [1.165, 1.54) is 0 Å². The molecule has 0 fully saturated rings. The van der Waals surface area contributed by atoms with Crippen LogP contribution in [0.3, 0.4) is 0 Å². The molecule has 0 atom stereocenters. The van der Waals surface area contributed by atoms with E-state index < -0.39 is 0 Å².